The first-order chi connectivity index (χ1) is 13.4. The van der Waals surface area contributed by atoms with E-state index in [1.807, 2.05) is 17.5 Å². The highest BCUT2D eigenvalue weighted by molar-refractivity contribution is 7.89. The number of nitrogens with zero attached hydrogens (tertiary/aromatic N) is 1. The van der Waals surface area contributed by atoms with Crippen LogP contribution in [0.4, 0.5) is 5.69 Å². The average molecular weight is 422 g/mol. The second-order valence-electron chi connectivity index (χ2n) is 6.70. The predicted molar refractivity (Wildman–Crippen MR) is 108 cm³/mol. The number of nitrogens with one attached hydrogen (secondary N) is 2. The highest BCUT2D eigenvalue weighted by atomic mass is 32.2. The Kier molecular flexibility index (Phi) is 6.48. The van der Waals surface area contributed by atoms with Crippen LogP contribution < -0.4 is 10.6 Å². The van der Waals surface area contributed by atoms with Crippen molar-refractivity contribution >= 4 is 38.9 Å². The Morgan fingerprint density at radius 1 is 1.21 bits per heavy atom. The van der Waals surface area contributed by atoms with E-state index in [0.717, 1.165) is 4.88 Å². The summed E-state index contributed by atoms with van der Waals surface area (Å²) in [5, 5.41) is 7.47. The number of piperidine rings is 1. The zero-order chi connectivity index (χ0) is 20.1. The second kappa shape index (κ2) is 8.85. The Bertz CT molecular complexity index is 925. The quantitative estimate of drug-likeness (QED) is 0.749. The molecule has 1 aliphatic heterocycles. The number of thiophene rings is 1. The fourth-order valence-electron chi connectivity index (χ4n) is 3.17. The normalized spacial score (nSPS) is 17.8. The zero-order valence-electron chi connectivity index (χ0n) is 15.6. The summed E-state index contributed by atoms with van der Waals surface area (Å²) in [5.41, 5.74) is 0.538. The summed E-state index contributed by atoms with van der Waals surface area (Å²) in [6, 6.07) is 9.94. The topological polar surface area (TPSA) is 95.6 Å². The van der Waals surface area contributed by atoms with E-state index >= 15 is 0 Å². The molecule has 2 heterocycles. The lowest BCUT2D eigenvalue weighted by atomic mass is 9.99. The molecule has 1 aromatic heterocycles. The van der Waals surface area contributed by atoms with E-state index in [2.05, 4.69) is 10.6 Å². The third-order valence-corrected chi connectivity index (χ3v) is 7.34. The molecule has 1 fully saturated rings. The van der Waals surface area contributed by atoms with Gasteiger partial charge in [0.25, 0.3) is 0 Å². The van der Waals surface area contributed by atoms with Gasteiger partial charge in [-0.15, -0.1) is 11.3 Å². The van der Waals surface area contributed by atoms with Gasteiger partial charge in [-0.3, -0.25) is 9.59 Å². The molecule has 0 radical (unpaired) electrons. The van der Waals surface area contributed by atoms with Crippen molar-refractivity contribution in [1.29, 1.82) is 0 Å². The van der Waals surface area contributed by atoms with Crippen molar-refractivity contribution in [3.63, 3.8) is 0 Å². The average Bonchev–Trinajstić information content (AvgIpc) is 3.20. The first kappa shape index (κ1) is 20.5. The highest BCUT2D eigenvalue weighted by Crippen LogP contribution is 2.25. The van der Waals surface area contributed by atoms with Crippen molar-refractivity contribution in [2.45, 2.75) is 31.2 Å². The number of anilines is 1. The van der Waals surface area contributed by atoms with Crippen molar-refractivity contribution in [3.8, 4) is 0 Å². The van der Waals surface area contributed by atoms with E-state index < -0.39 is 10.0 Å². The first-order valence-electron chi connectivity index (χ1n) is 9.04. The van der Waals surface area contributed by atoms with Crippen molar-refractivity contribution in [2.75, 3.05) is 18.4 Å². The van der Waals surface area contributed by atoms with Crippen LogP contribution in [0.25, 0.3) is 0 Å². The number of hydrogen-bond donors (Lipinski definition) is 2. The number of amides is 2. The highest BCUT2D eigenvalue weighted by Gasteiger charge is 2.33. The van der Waals surface area contributed by atoms with E-state index in [-0.39, 0.29) is 29.2 Å². The maximum atomic E-state index is 12.9. The maximum Gasteiger partial charge on any atom is 0.243 e. The van der Waals surface area contributed by atoms with E-state index in [1.54, 1.807) is 23.5 Å². The van der Waals surface area contributed by atoms with Gasteiger partial charge in [-0.1, -0.05) is 6.07 Å². The van der Waals surface area contributed by atoms with Gasteiger partial charge in [0, 0.05) is 30.6 Å². The molecule has 0 saturated carbocycles. The predicted octanol–water partition coefficient (Wildman–Crippen LogP) is 2.42. The second-order valence-corrected chi connectivity index (χ2v) is 9.68. The molecule has 1 atom stereocenters. The molecule has 150 valence electrons. The molecule has 0 spiro atoms. The Labute approximate surface area is 168 Å². The van der Waals surface area contributed by atoms with Crippen LogP contribution in [0.2, 0.25) is 0 Å². The third-order valence-electron chi connectivity index (χ3n) is 4.58. The molecule has 28 heavy (non-hydrogen) atoms. The Balaban J connectivity index is 1.64. The van der Waals surface area contributed by atoms with E-state index in [9.17, 15) is 18.0 Å². The van der Waals surface area contributed by atoms with E-state index in [0.29, 0.717) is 31.6 Å². The van der Waals surface area contributed by atoms with Gasteiger partial charge in [-0.25, -0.2) is 8.42 Å². The number of hydrogen-bond acceptors (Lipinski definition) is 5. The van der Waals surface area contributed by atoms with Gasteiger partial charge >= 0.3 is 0 Å². The Morgan fingerprint density at radius 3 is 2.61 bits per heavy atom. The molecule has 1 unspecified atom stereocenters. The number of benzene rings is 1. The number of carbonyl (C=O) groups excluding carboxylic acids is 2. The van der Waals surface area contributed by atoms with Gasteiger partial charge < -0.3 is 10.6 Å². The van der Waals surface area contributed by atoms with Gasteiger partial charge in [-0.2, -0.15) is 4.31 Å². The van der Waals surface area contributed by atoms with Crippen molar-refractivity contribution in [1.82, 2.24) is 9.62 Å². The minimum absolute atomic E-state index is 0.116. The van der Waals surface area contributed by atoms with E-state index in [4.69, 9.17) is 0 Å². The smallest absolute Gasteiger partial charge is 0.243 e. The van der Waals surface area contributed by atoms with Crippen LogP contribution in [0.3, 0.4) is 0 Å². The summed E-state index contributed by atoms with van der Waals surface area (Å²) in [7, 11) is -3.69. The van der Waals surface area contributed by atoms with Gasteiger partial charge in [0.2, 0.25) is 21.8 Å². The minimum Gasteiger partial charge on any atom is -0.351 e. The fourth-order valence-corrected chi connectivity index (χ4v) is 5.34. The Hall–Kier alpha value is -2.23. The SMILES string of the molecule is CC(=O)Nc1ccc(S(=O)(=O)N2CCCC(C(=O)NCc3cccs3)C2)cc1. The molecule has 1 aliphatic rings. The van der Waals surface area contributed by atoms with Crippen LogP contribution in [-0.2, 0) is 26.2 Å². The maximum absolute atomic E-state index is 12.9. The molecule has 3 rings (SSSR count). The fraction of sp³-hybridized carbons (Fsp3) is 0.368. The van der Waals surface area contributed by atoms with Gasteiger partial charge in [-0.05, 0) is 48.6 Å². The zero-order valence-corrected chi connectivity index (χ0v) is 17.2. The van der Waals surface area contributed by atoms with Crippen LogP contribution >= 0.6 is 11.3 Å². The molecule has 0 aliphatic carbocycles. The summed E-state index contributed by atoms with van der Waals surface area (Å²) in [5.74, 6) is -0.695. The monoisotopic (exact) mass is 421 g/mol. The van der Waals surface area contributed by atoms with Crippen molar-refractivity contribution in [2.24, 2.45) is 5.92 Å². The summed E-state index contributed by atoms with van der Waals surface area (Å²) in [4.78, 5) is 24.8. The molecule has 0 bridgehead atoms. The molecule has 2 amide bonds. The molecule has 2 aromatic rings. The van der Waals surface area contributed by atoms with Gasteiger partial charge in [0.05, 0.1) is 17.4 Å². The third kappa shape index (κ3) is 4.98. The first-order valence-corrected chi connectivity index (χ1v) is 11.4. The molecule has 2 N–H and O–H groups in total. The van der Waals surface area contributed by atoms with Gasteiger partial charge in [0.1, 0.15) is 0 Å². The number of carbonyl (C=O) groups is 2. The summed E-state index contributed by atoms with van der Waals surface area (Å²) < 4.78 is 27.3. The van der Waals surface area contributed by atoms with E-state index in [1.165, 1.54) is 23.4 Å². The number of sulfonamides is 1. The molecular weight excluding hydrogens is 398 g/mol. The standard InChI is InChI=1S/C19H23N3O4S2/c1-14(23)21-16-6-8-18(9-7-16)28(25,26)22-10-2-4-15(13-22)19(24)20-12-17-5-3-11-27-17/h3,5-9,11,15H,2,4,10,12-13H2,1H3,(H,20,24)(H,21,23). The van der Waals surface area contributed by atoms with Crippen molar-refractivity contribution < 1.29 is 18.0 Å². The lowest BCUT2D eigenvalue weighted by Gasteiger charge is -2.31. The molecular formula is C19H23N3O4S2. The lowest BCUT2D eigenvalue weighted by Crippen LogP contribution is -2.45. The van der Waals surface area contributed by atoms with Crippen LogP contribution in [0.1, 0.15) is 24.6 Å². The van der Waals surface area contributed by atoms with Gasteiger partial charge in [0.15, 0.2) is 0 Å². The van der Waals surface area contributed by atoms with Crippen LogP contribution in [0.5, 0.6) is 0 Å². The molecule has 1 saturated heterocycles. The Morgan fingerprint density at radius 2 is 1.96 bits per heavy atom. The van der Waals surface area contributed by atoms with Crippen LogP contribution in [-0.4, -0.2) is 37.6 Å². The van der Waals surface area contributed by atoms with Crippen LogP contribution in [0, 0.1) is 5.92 Å². The molecule has 9 heteroatoms. The molecule has 1 aromatic carbocycles. The van der Waals surface area contributed by atoms with Crippen molar-refractivity contribution in [3.05, 3.63) is 46.7 Å². The molecule has 7 nitrogen and oxygen atoms in total. The largest absolute Gasteiger partial charge is 0.351 e. The summed E-state index contributed by atoms with van der Waals surface area (Å²) in [6.07, 6.45) is 1.31. The minimum atomic E-state index is -3.69. The number of rotatable bonds is 6. The lowest BCUT2D eigenvalue weighted by molar-refractivity contribution is -0.126. The summed E-state index contributed by atoms with van der Waals surface area (Å²) >= 11 is 1.57. The van der Waals surface area contributed by atoms with Crippen LogP contribution in [0.15, 0.2) is 46.7 Å². The summed E-state index contributed by atoms with van der Waals surface area (Å²) in [6.45, 7) is 2.42.